The molecule has 0 amide bonds. The van der Waals surface area contributed by atoms with Gasteiger partial charge in [-0.3, -0.25) is 4.57 Å². The summed E-state index contributed by atoms with van der Waals surface area (Å²) in [5.74, 6) is 1.70. The lowest BCUT2D eigenvalue weighted by molar-refractivity contribution is 0.866. The average Bonchev–Trinajstić information content (AvgIpc) is 3.01. The minimum absolute atomic E-state index is 0.191. The van der Waals surface area contributed by atoms with E-state index in [0.717, 1.165) is 5.56 Å². The first-order chi connectivity index (χ1) is 10.1. The highest BCUT2D eigenvalue weighted by Gasteiger charge is 2.08. The molecule has 0 fully saturated rings. The summed E-state index contributed by atoms with van der Waals surface area (Å²) in [6.45, 7) is 4.32. The highest BCUT2D eigenvalue weighted by atomic mass is 15.2. The van der Waals surface area contributed by atoms with Gasteiger partial charge in [0.15, 0.2) is 5.82 Å². The second-order valence-electron chi connectivity index (χ2n) is 5.06. The lowest BCUT2D eigenvalue weighted by Crippen LogP contribution is -2.06. The number of hydrogen-bond donors (Lipinski definition) is 1. The van der Waals surface area contributed by atoms with E-state index in [4.69, 9.17) is 5.73 Å². The maximum absolute atomic E-state index is 5.79. The van der Waals surface area contributed by atoms with Gasteiger partial charge in [-0.05, 0) is 11.5 Å². The van der Waals surface area contributed by atoms with Crippen LogP contribution in [0.4, 0.5) is 5.95 Å². The minimum atomic E-state index is 0.191. The molecule has 0 aliphatic carbocycles. The maximum Gasteiger partial charge on any atom is 0.240 e. The van der Waals surface area contributed by atoms with Crippen LogP contribution in [0.1, 0.15) is 25.3 Å². The molecule has 2 N–H and O–H groups in total. The molecule has 0 aliphatic heterocycles. The van der Waals surface area contributed by atoms with Crippen molar-refractivity contribution in [2.75, 3.05) is 5.73 Å². The molecule has 2 aromatic heterocycles. The van der Waals surface area contributed by atoms with Gasteiger partial charge >= 0.3 is 0 Å². The van der Waals surface area contributed by atoms with Crippen molar-refractivity contribution < 1.29 is 0 Å². The summed E-state index contributed by atoms with van der Waals surface area (Å²) in [4.78, 5) is 16.8. The predicted octanol–water partition coefficient (Wildman–Crippen LogP) is 2.43. The number of benzene rings is 1. The normalized spacial score (nSPS) is 11.0. The molecule has 6 heteroatoms. The molecule has 0 unspecified atom stereocenters. The van der Waals surface area contributed by atoms with Crippen LogP contribution in [0.25, 0.3) is 17.3 Å². The number of anilines is 1. The van der Waals surface area contributed by atoms with Gasteiger partial charge in [0.1, 0.15) is 6.33 Å². The molecule has 0 radical (unpaired) electrons. The average molecular weight is 280 g/mol. The first-order valence-electron chi connectivity index (χ1n) is 6.73. The number of imidazole rings is 1. The molecule has 0 spiro atoms. The Kier molecular flexibility index (Phi) is 3.35. The Morgan fingerprint density at radius 2 is 1.81 bits per heavy atom. The van der Waals surface area contributed by atoms with Gasteiger partial charge in [-0.25, -0.2) is 4.98 Å². The fraction of sp³-hybridized carbons (Fsp3) is 0.200. The van der Waals surface area contributed by atoms with Crippen LogP contribution in [0.5, 0.6) is 0 Å². The van der Waals surface area contributed by atoms with E-state index in [1.54, 1.807) is 23.3 Å². The summed E-state index contributed by atoms with van der Waals surface area (Å²) >= 11 is 0. The van der Waals surface area contributed by atoms with E-state index in [0.29, 0.717) is 17.7 Å². The minimum Gasteiger partial charge on any atom is -0.368 e. The van der Waals surface area contributed by atoms with Crippen molar-refractivity contribution in [2.45, 2.75) is 19.8 Å². The summed E-state index contributed by atoms with van der Waals surface area (Å²) < 4.78 is 1.70. The van der Waals surface area contributed by atoms with Gasteiger partial charge in [0.25, 0.3) is 0 Å². The van der Waals surface area contributed by atoms with Gasteiger partial charge in [0, 0.05) is 18.0 Å². The van der Waals surface area contributed by atoms with E-state index in [9.17, 15) is 0 Å². The lowest BCUT2D eigenvalue weighted by Gasteiger charge is -2.08. The van der Waals surface area contributed by atoms with Gasteiger partial charge in [-0.15, -0.1) is 0 Å². The molecule has 0 saturated carbocycles. The number of aromatic nitrogens is 5. The predicted molar refractivity (Wildman–Crippen MR) is 80.9 cm³/mol. The van der Waals surface area contributed by atoms with Crippen molar-refractivity contribution in [3.8, 4) is 17.3 Å². The van der Waals surface area contributed by atoms with E-state index in [1.807, 2.05) is 12.1 Å². The smallest absolute Gasteiger partial charge is 0.240 e. The number of nitrogens with two attached hydrogens (primary N) is 1. The third-order valence-electron chi connectivity index (χ3n) is 3.21. The highest BCUT2D eigenvalue weighted by Crippen LogP contribution is 2.21. The molecule has 0 saturated heterocycles. The zero-order valence-electron chi connectivity index (χ0n) is 11.9. The van der Waals surface area contributed by atoms with Gasteiger partial charge in [-0.2, -0.15) is 15.0 Å². The number of rotatable bonds is 3. The van der Waals surface area contributed by atoms with E-state index in [2.05, 4.69) is 45.9 Å². The Labute approximate surface area is 122 Å². The topological polar surface area (TPSA) is 82.5 Å². The SMILES string of the molecule is CC(C)c1ccc(-c2nc(N)nc(-n3ccnc3)n2)cc1. The highest BCUT2D eigenvalue weighted by molar-refractivity contribution is 5.57. The molecule has 1 aromatic carbocycles. The quantitative estimate of drug-likeness (QED) is 0.796. The van der Waals surface area contributed by atoms with E-state index < -0.39 is 0 Å². The van der Waals surface area contributed by atoms with E-state index >= 15 is 0 Å². The molecule has 3 aromatic rings. The number of hydrogen-bond acceptors (Lipinski definition) is 5. The first kappa shape index (κ1) is 13.2. The third-order valence-corrected chi connectivity index (χ3v) is 3.21. The summed E-state index contributed by atoms with van der Waals surface area (Å²) in [7, 11) is 0. The Morgan fingerprint density at radius 3 is 2.43 bits per heavy atom. The van der Waals surface area contributed by atoms with Crippen LogP contribution in [0.2, 0.25) is 0 Å². The van der Waals surface area contributed by atoms with Crippen molar-refractivity contribution >= 4 is 5.95 Å². The molecular weight excluding hydrogens is 264 g/mol. The molecule has 2 heterocycles. The molecule has 3 rings (SSSR count). The van der Waals surface area contributed by atoms with Gasteiger partial charge in [0.2, 0.25) is 11.9 Å². The molecular formula is C15H16N6. The van der Waals surface area contributed by atoms with Gasteiger partial charge in [0.05, 0.1) is 0 Å². The van der Waals surface area contributed by atoms with Crippen LogP contribution in [-0.4, -0.2) is 24.5 Å². The summed E-state index contributed by atoms with van der Waals surface area (Å²) in [5, 5.41) is 0. The summed E-state index contributed by atoms with van der Waals surface area (Å²) in [5.41, 5.74) is 7.97. The van der Waals surface area contributed by atoms with Gasteiger partial charge in [-0.1, -0.05) is 38.1 Å². The van der Waals surface area contributed by atoms with Crippen molar-refractivity contribution in [3.63, 3.8) is 0 Å². The molecule has 6 nitrogen and oxygen atoms in total. The van der Waals surface area contributed by atoms with Crippen molar-refractivity contribution in [2.24, 2.45) is 0 Å². The van der Waals surface area contributed by atoms with Crippen molar-refractivity contribution in [1.82, 2.24) is 24.5 Å². The number of nitrogen functional groups attached to an aromatic ring is 1. The molecule has 106 valence electrons. The van der Waals surface area contributed by atoms with Crippen molar-refractivity contribution in [1.29, 1.82) is 0 Å². The van der Waals surface area contributed by atoms with Crippen LogP contribution in [0.15, 0.2) is 43.0 Å². The zero-order valence-corrected chi connectivity index (χ0v) is 11.9. The largest absolute Gasteiger partial charge is 0.368 e. The standard InChI is InChI=1S/C15H16N6/c1-10(2)11-3-5-12(6-4-11)13-18-14(16)20-15(19-13)21-8-7-17-9-21/h3-10H,1-2H3,(H2,16,18,19,20). The first-order valence-corrected chi connectivity index (χ1v) is 6.73. The third kappa shape index (κ3) is 2.74. The van der Waals surface area contributed by atoms with Crippen LogP contribution < -0.4 is 5.73 Å². The maximum atomic E-state index is 5.79. The second kappa shape index (κ2) is 5.32. The fourth-order valence-corrected chi connectivity index (χ4v) is 2.02. The van der Waals surface area contributed by atoms with Gasteiger partial charge < -0.3 is 5.73 Å². The van der Waals surface area contributed by atoms with Crippen LogP contribution in [0.3, 0.4) is 0 Å². The Morgan fingerprint density at radius 1 is 1.05 bits per heavy atom. The lowest BCUT2D eigenvalue weighted by atomic mass is 10.0. The molecule has 0 aliphatic rings. The number of nitrogens with zero attached hydrogens (tertiary/aromatic N) is 5. The fourth-order valence-electron chi connectivity index (χ4n) is 2.02. The van der Waals surface area contributed by atoms with E-state index in [1.165, 1.54) is 5.56 Å². The molecule has 21 heavy (non-hydrogen) atoms. The van der Waals surface area contributed by atoms with Crippen molar-refractivity contribution in [3.05, 3.63) is 48.5 Å². The Bertz CT molecular complexity index is 731. The van der Waals surface area contributed by atoms with Crippen LogP contribution >= 0.6 is 0 Å². The Hall–Kier alpha value is -2.76. The summed E-state index contributed by atoms with van der Waals surface area (Å²) in [6, 6.07) is 8.16. The molecule has 0 atom stereocenters. The van der Waals surface area contributed by atoms with Crippen LogP contribution in [-0.2, 0) is 0 Å². The second-order valence-corrected chi connectivity index (χ2v) is 5.06. The van der Waals surface area contributed by atoms with Crippen LogP contribution in [0, 0.1) is 0 Å². The Balaban J connectivity index is 2.02. The van der Waals surface area contributed by atoms with E-state index in [-0.39, 0.29) is 5.95 Å². The molecule has 0 bridgehead atoms. The monoisotopic (exact) mass is 280 g/mol. The zero-order chi connectivity index (χ0) is 14.8. The summed E-state index contributed by atoms with van der Waals surface area (Å²) in [6.07, 6.45) is 5.05.